The van der Waals surface area contributed by atoms with Gasteiger partial charge in [-0.2, -0.15) is 0 Å². The van der Waals surface area contributed by atoms with E-state index in [-0.39, 0.29) is 6.61 Å². The Balaban J connectivity index is 3.42. The first-order valence-electron chi connectivity index (χ1n) is 1.96. The minimum absolute atomic E-state index is 0.264. The number of rotatable bonds is 3. The normalized spacial score (nSPS) is 17.8. The summed E-state index contributed by atoms with van der Waals surface area (Å²) in [5.74, 6) is 0.335. The quantitative estimate of drug-likeness (QED) is 0.585. The predicted molar refractivity (Wildman–Crippen MR) is 38.1 cm³/mol. The molecule has 5 heteroatoms. The second-order valence-electron chi connectivity index (χ2n) is 1.22. The van der Waals surface area contributed by atoms with Crippen molar-refractivity contribution in [2.75, 3.05) is 18.7 Å². The minimum atomic E-state index is -2.44. The fourth-order valence-corrected chi connectivity index (χ4v) is 0.942. The van der Waals surface area contributed by atoms with Crippen LogP contribution in [0.5, 0.6) is 0 Å². The molecule has 0 amide bonds. The van der Waals surface area contributed by atoms with Crippen molar-refractivity contribution < 1.29 is 8.39 Å². The first kappa shape index (κ1) is 8.62. The standard InChI is InChI=1S/C3H7ClO2S2/c1-8(5,7)6-3-2-4/h2-3H2,1H3. The van der Waals surface area contributed by atoms with Gasteiger partial charge in [0.05, 0.1) is 6.61 Å². The van der Waals surface area contributed by atoms with E-state index < -0.39 is 8.77 Å². The highest BCUT2D eigenvalue weighted by atomic mass is 35.5. The second-order valence-corrected chi connectivity index (χ2v) is 5.05. The molecule has 50 valence electrons. The van der Waals surface area contributed by atoms with E-state index in [0.29, 0.717) is 5.88 Å². The van der Waals surface area contributed by atoms with Gasteiger partial charge >= 0.3 is 0 Å². The molecular formula is C3H7ClO2S2. The lowest BCUT2D eigenvalue weighted by Crippen LogP contribution is -2.02. The van der Waals surface area contributed by atoms with Crippen molar-refractivity contribution in [2.24, 2.45) is 0 Å². The summed E-state index contributed by atoms with van der Waals surface area (Å²) in [5.41, 5.74) is 0. The molecule has 1 atom stereocenters. The zero-order valence-corrected chi connectivity index (χ0v) is 6.81. The van der Waals surface area contributed by atoms with Gasteiger partial charge in [-0.25, -0.2) is 4.21 Å². The Hall–Kier alpha value is 0.620. The van der Waals surface area contributed by atoms with Crippen LogP contribution in [-0.4, -0.2) is 23.0 Å². The number of halogens is 1. The Morgan fingerprint density at radius 1 is 1.88 bits per heavy atom. The molecule has 0 aliphatic carbocycles. The lowest BCUT2D eigenvalue weighted by molar-refractivity contribution is 0.376. The fraction of sp³-hybridized carbons (Fsp3) is 1.00. The van der Waals surface area contributed by atoms with Crippen molar-refractivity contribution in [3.63, 3.8) is 0 Å². The van der Waals surface area contributed by atoms with Crippen LogP contribution in [0.4, 0.5) is 0 Å². The molecule has 0 aromatic heterocycles. The highest BCUT2D eigenvalue weighted by molar-refractivity contribution is 8.29. The molecule has 0 aromatic carbocycles. The van der Waals surface area contributed by atoms with Gasteiger partial charge in [0.1, 0.15) is 8.77 Å². The molecule has 0 fully saturated rings. The van der Waals surface area contributed by atoms with Gasteiger partial charge in [0.2, 0.25) is 0 Å². The van der Waals surface area contributed by atoms with Crippen LogP contribution in [0.3, 0.4) is 0 Å². The van der Waals surface area contributed by atoms with Crippen LogP contribution in [0.2, 0.25) is 0 Å². The first-order chi connectivity index (χ1) is 3.56. The molecule has 8 heavy (non-hydrogen) atoms. The van der Waals surface area contributed by atoms with E-state index in [1.807, 2.05) is 0 Å². The summed E-state index contributed by atoms with van der Waals surface area (Å²) >= 11 is 9.61. The molecule has 0 N–H and O–H groups in total. The number of alkyl halides is 1. The first-order valence-corrected chi connectivity index (χ1v) is 5.32. The Labute approximate surface area is 59.0 Å². The Morgan fingerprint density at radius 3 is 2.50 bits per heavy atom. The van der Waals surface area contributed by atoms with E-state index in [1.54, 1.807) is 0 Å². The van der Waals surface area contributed by atoms with Crippen LogP contribution in [0.15, 0.2) is 0 Å². The van der Waals surface area contributed by atoms with E-state index in [9.17, 15) is 4.21 Å². The van der Waals surface area contributed by atoms with Crippen molar-refractivity contribution in [3.8, 4) is 0 Å². The summed E-state index contributed by atoms with van der Waals surface area (Å²) in [5, 5.41) is 0. The summed E-state index contributed by atoms with van der Waals surface area (Å²) < 4.78 is 15.1. The van der Waals surface area contributed by atoms with Gasteiger partial charge in [0.25, 0.3) is 0 Å². The maximum absolute atomic E-state index is 10.5. The molecule has 0 aromatic rings. The summed E-state index contributed by atoms with van der Waals surface area (Å²) in [7, 11) is -2.44. The van der Waals surface area contributed by atoms with Crippen molar-refractivity contribution in [1.82, 2.24) is 0 Å². The molecule has 0 saturated heterocycles. The number of hydrogen-bond acceptors (Lipinski definition) is 3. The lowest BCUT2D eigenvalue weighted by Gasteiger charge is -1.96. The van der Waals surface area contributed by atoms with Crippen LogP contribution in [0.25, 0.3) is 0 Å². The predicted octanol–water partition coefficient (Wildman–Crippen LogP) is 0.533. The summed E-state index contributed by atoms with van der Waals surface area (Å²) in [6, 6.07) is 0. The van der Waals surface area contributed by atoms with E-state index in [2.05, 4.69) is 15.4 Å². The molecule has 0 spiro atoms. The molecule has 0 radical (unpaired) electrons. The van der Waals surface area contributed by atoms with E-state index in [4.69, 9.17) is 11.6 Å². The van der Waals surface area contributed by atoms with E-state index >= 15 is 0 Å². The molecule has 0 heterocycles. The van der Waals surface area contributed by atoms with Crippen molar-refractivity contribution in [1.29, 1.82) is 0 Å². The topological polar surface area (TPSA) is 26.3 Å². The third kappa shape index (κ3) is 6.62. The summed E-state index contributed by atoms with van der Waals surface area (Å²) in [4.78, 5) is 0. The van der Waals surface area contributed by atoms with Gasteiger partial charge in [-0.15, -0.1) is 11.6 Å². The monoisotopic (exact) mass is 174 g/mol. The Morgan fingerprint density at radius 2 is 2.38 bits per heavy atom. The highest BCUT2D eigenvalue weighted by Crippen LogP contribution is 1.87. The minimum Gasteiger partial charge on any atom is -0.289 e. The van der Waals surface area contributed by atoms with Crippen LogP contribution < -0.4 is 0 Å². The maximum atomic E-state index is 10.5. The molecule has 0 rings (SSSR count). The van der Waals surface area contributed by atoms with E-state index in [0.717, 1.165) is 0 Å². The van der Waals surface area contributed by atoms with Gasteiger partial charge in [-0.1, -0.05) is 0 Å². The zero-order valence-electron chi connectivity index (χ0n) is 4.43. The molecule has 1 unspecified atom stereocenters. The smallest absolute Gasteiger partial charge is 0.141 e. The average Bonchev–Trinajstić information content (AvgIpc) is 1.59. The van der Waals surface area contributed by atoms with E-state index in [1.165, 1.54) is 6.26 Å². The summed E-state index contributed by atoms with van der Waals surface area (Å²) in [6.07, 6.45) is 1.36. The Bertz CT molecular complexity index is 139. The van der Waals surface area contributed by atoms with Gasteiger partial charge < -0.3 is 0 Å². The van der Waals surface area contributed by atoms with Crippen molar-refractivity contribution in [2.45, 2.75) is 0 Å². The highest BCUT2D eigenvalue weighted by Gasteiger charge is 1.93. The molecule has 0 aliphatic heterocycles. The second kappa shape index (κ2) is 3.61. The average molecular weight is 175 g/mol. The molecule has 2 nitrogen and oxygen atoms in total. The molecule has 0 bridgehead atoms. The van der Waals surface area contributed by atoms with Crippen molar-refractivity contribution >= 4 is 31.6 Å². The third-order valence-corrected chi connectivity index (χ3v) is 1.41. The maximum Gasteiger partial charge on any atom is 0.141 e. The largest absolute Gasteiger partial charge is 0.289 e. The van der Waals surface area contributed by atoms with Gasteiger partial charge in [-0.3, -0.25) is 4.18 Å². The van der Waals surface area contributed by atoms with Crippen LogP contribution in [0.1, 0.15) is 0 Å². The fourth-order valence-electron chi connectivity index (χ4n) is 0.183. The van der Waals surface area contributed by atoms with Crippen LogP contribution in [-0.2, 0) is 24.1 Å². The van der Waals surface area contributed by atoms with Gasteiger partial charge in [0, 0.05) is 23.3 Å². The molecular weight excluding hydrogens is 168 g/mol. The molecule has 0 saturated carbocycles. The van der Waals surface area contributed by atoms with Crippen LogP contribution >= 0.6 is 11.6 Å². The molecule has 0 aliphatic rings. The number of hydrogen-bond donors (Lipinski definition) is 0. The summed E-state index contributed by atoms with van der Waals surface area (Å²) in [6.45, 7) is 0.264. The zero-order chi connectivity index (χ0) is 6.62. The third-order valence-electron chi connectivity index (χ3n) is 0.375. The van der Waals surface area contributed by atoms with Crippen molar-refractivity contribution in [3.05, 3.63) is 0 Å². The lowest BCUT2D eigenvalue weighted by atomic mass is 10.9. The van der Waals surface area contributed by atoms with Crippen LogP contribution in [0, 0.1) is 0 Å². The Kier molecular flexibility index (Phi) is 3.89. The van der Waals surface area contributed by atoms with Gasteiger partial charge in [-0.05, 0) is 0 Å². The SMILES string of the molecule is CS(=O)(=S)OCCCl. The van der Waals surface area contributed by atoms with Gasteiger partial charge in [0.15, 0.2) is 0 Å².